The Morgan fingerprint density at radius 1 is 1.42 bits per heavy atom. The lowest BCUT2D eigenvalue weighted by Crippen LogP contribution is -2.42. The monoisotopic (exact) mass is 307 g/mol. The number of piperidine rings is 1. The molecule has 6 heteroatoms. The molecule has 2 heterocycles. The zero-order valence-electron chi connectivity index (χ0n) is 11.2. The molecule has 0 radical (unpaired) electrons. The van der Waals surface area contributed by atoms with Crippen LogP contribution in [-0.4, -0.2) is 35.6 Å². The van der Waals surface area contributed by atoms with Gasteiger partial charge >= 0.3 is 0 Å². The van der Waals surface area contributed by atoms with Gasteiger partial charge in [0, 0.05) is 31.4 Å². The molecule has 1 atom stereocenters. The van der Waals surface area contributed by atoms with Crippen molar-refractivity contribution in [3.8, 4) is 5.88 Å². The van der Waals surface area contributed by atoms with E-state index in [0.717, 1.165) is 26.1 Å². The third kappa shape index (κ3) is 5.95. The van der Waals surface area contributed by atoms with Gasteiger partial charge in [0.15, 0.2) is 0 Å². The molecule has 1 fully saturated rings. The standard InChI is InChI=1S/C13H21N3O.2ClH/c1-2-17-13-6-5-11(8-15-13)9-16-7-3-4-12(14)10-16;;/h5-6,8,12H,2-4,7,9-10,14H2,1H3;2*1H. The van der Waals surface area contributed by atoms with Gasteiger partial charge in [-0.1, -0.05) is 6.07 Å². The van der Waals surface area contributed by atoms with Crippen molar-refractivity contribution in [3.63, 3.8) is 0 Å². The van der Waals surface area contributed by atoms with Gasteiger partial charge in [-0.25, -0.2) is 4.98 Å². The van der Waals surface area contributed by atoms with Crippen molar-refractivity contribution in [3.05, 3.63) is 23.9 Å². The Labute approximate surface area is 127 Å². The summed E-state index contributed by atoms with van der Waals surface area (Å²) < 4.78 is 5.32. The van der Waals surface area contributed by atoms with Crippen molar-refractivity contribution in [2.45, 2.75) is 32.4 Å². The summed E-state index contributed by atoms with van der Waals surface area (Å²) in [7, 11) is 0. The van der Waals surface area contributed by atoms with E-state index in [0.29, 0.717) is 18.5 Å². The van der Waals surface area contributed by atoms with Gasteiger partial charge in [-0.05, 0) is 31.9 Å². The van der Waals surface area contributed by atoms with E-state index >= 15 is 0 Å². The Hall–Kier alpha value is -0.550. The van der Waals surface area contributed by atoms with Crippen molar-refractivity contribution >= 4 is 24.8 Å². The van der Waals surface area contributed by atoms with Crippen LogP contribution in [0.4, 0.5) is 0 Å². The molecule has 0 bridgehead atoms. The van der Waals surface area contributed by atoms with E-state index < -0.39 is 0 Å². The number of aromatic nitrogens is 1. The average Bonchev–Trinajstić information content (AvgIpc) is 2.32. The van der Waals surface area contributed by atoms with E-state index in [-0.39, 0.29) is 24.8 Å². The molecule has 2 N–H and O–H groups in total. The van der Waals surface area contributed by atoms with Crippen LogP contribution in [0, 0.1) is 0 Å². The number of nitrogens with two attached hydrogens (primary N) is 1. The van der Waals surface area contributed by atoms with Crippen molar-refractivity contribution in [1.82, 2.24) is 9.88 Å². The molecule has 0 saturated carbocycles. The van der Waals surface area contributed by atoms with Gasteiger partial charge in [0.05, 0.1) is 6.61 Å². The number of pyridine rings is 1. The smallest absolute Gasteiger partial charge is 0.213 e. The van der Waals surface area contributed by atoms with Crippen LogP contribution in [0.25, 0.3) is 0 Å². The van der Waals surface area contributed by atoms with Crippen LogP contribution in [0.15, 0.2) is 18.3 Å². The third-order valence-electron chi connectivity index (χ3n) is 3.04. The minimum absolute atomic E-state index is 0. The number of nitrogens with zero attached hydrogens (tertiary/aromatic N) is 2. The zero-order valence-corrected chi connectivity index (χ0v) is 12.9. The lowest BCUT2D eigenvalue weighted by atomic mass is 10.1. The molecule has 2 rings (SSSR count). The van der Waals surface area contributed by atoms with Gasteiger partial charge in [0.2, 0.25) is 5.88 Å². The Balaban J connectivity index is 0.00000162. The molecule has 4 nitrogen and oxygen atoms in total. The van der Waals surface area contributed by atoms with Gasteiger partial charge < -0.3 is 10.5 Å². The van der Waals surface area contributed by atoms with Crippen LogP contribution >= 0.6 is 24.8 Å². The predicted molar refractivity (Wildman–Crippen MR) is 82.4 cm³/mol. The molecule has 0 aliphatic carbocycles. The molecule has 1 aromatic rings. The van der Waals surface area contributed by atoms with E-state index in [1.54, 1.807) is 0 Å². The summed E-state index contributed by atoms with van der Waals surface area (Å²) in [6.07, 6.45) is 4.24. The molecular formula is C13H23Cl2N3O. The summed E-state index contributed by atoms with van der Waals surface area (Å²) in [6.45, 7) is 5.69. The predicted octanol–water partition coefficient (Wildman–Crippen LogP) is 2.25. The number of rotatable bonds is 4. The van der Waals surface area contributed by atoms with Crippen LogP contribution in [-0.2, 0) is 6.54 Å². The first-order valence-corrected chi connectivity index (χ1v) is 6.33. The fourth-order valence-corrected chi connectivity index (χ4v) is 2.23. The van der Waals surface area contributed by atoms with E-state index in [1.807, 2.05) is 19.2 Å². The van der Waals surface area contributed by atoms with Crippen molar-refractivity contribution in [1.29, 1.82) is 0 Å². The maximum Gasteiger partial charge on any atom is 0.213 e. The number of hydrogen-bond acceptors (Lipinski definition) is 4. The Bertz CT molecular complexity index is 348. The van der Waals surface area contributed by atoms with Crippen molar-refractivity contribution < 1.29 is 4.74 Å². The largest absolute Gasteiger partial charge is 0.478 e. The summed E-state index contributed by atoms with van der Waals surface area (Å²) in [6, 6.07) is 4.35. The molecule has 1 unspecified atom stereocenters. The minimum Gasteiger partial charge on any atom is -0.478 e. The molecule has 1 aliphatic heterocycles. The molecule has 0 amide bonds. The zero-order chi connectivity index (χ0) is 12.1. The third-order valence-corrected chi connectivity index (χ3v) is 3.04. The molecule has 110 valence electrons. The molecular weight excluding hydrogens is 285 g/mol. The highest BCUT2D eigenvalue weighted by Gasteiger charge is 2.16. The number of hydrogen-bond donors (Lipinski definition) is 1. The maximum absolute atomic E-state index is 5.97. The van der Waals surface area contributed by atoms with Crippen molar-refractivity contribution in [2.75, 3.05) is 19.7 Å². The highest BCUT2D eigenvalue weighted by Crippen LogP contribution is 2.13. The van der Waals surface area contributed by atoms with Gasteiger partial charge in [-0.15, -0.1) is 24.8 Å². The highest BCUT2D eigenvalue weighted by molar-refractivity contribution is 5.85. The van der Waals surface area contributed by atoms with Gasteiger partial charge in [-0.3, -0.25) is 4.90 Å². The minimum atomic E-state index is 0. The summed E-state index contributed by atoms with van der Waals surface area (Å²) in [5, 5.41) is 0. The highest BCUT2D eigenvalue weighted by atomic mass is 35.5. The quantitative estimate of drug-likeness (QED) is 0.927. The fraction of sp³-hybridized carbons (Fsp3) is 0.615. The summed E-state index contributed by atoms with van der Waals surface area (Å²) in [4.78, 5) is 6.67. The maximum atomic E-state index is 5.97. The van der Waals surface area contributed by atoms with Crippen LogP contribution in [0.1, 0.15) is 25.3 Å². The summed E-state index contributed by atoms with van der Waals surface area (Å²) in [5.74, 6) is 0.701. The molecule has 1 aliphatic rings. The van der Waals surface area contributed by atoms with Crippen LogP contribution in [0.3, 0.4) is 0 Å². The Morgan fingerprint density at radius 2 is 2.21 bits per heavy atom. The number of likely N-dealkylation sites (tertiary alicyclic amines) is 1. The topological polar surface area (TPSA) is 51.4 Å². The first kappa shape index (κ1) is 18.4. The second kappa shape index (κ2) is 9.37. The SMILES string of the molecule is CCOc1ccc(CN2CCCC(N)C2)cn1.Cl.Cl. The molecule has 1 aromatic heterocycles. The Kier molecular flexibility index (Phi) is 9.10. The van der Waals surface area contributed by atoms with E-state index in [2.05, 4.69) is 16.0 Å². The van der Waals surface area contributed by atoms with Crippen LogP contribution in [0.2, 0.25) is 0 Å². The second-order valence-corrected chi connectivity index (χ2v) is 4.58. The Morgan fingerprint density at radius 3 is 2.79 bits per heavy atom. The molecule has 0 aromatic carbocycles. The van der Waals surface area contributed by atoms with E-state index in [9.17, 15) is 0 Å². The second-order valence-electron chi connectivity index (χ2n) is 4.58. The number of ether oxygens (including phenoxy) is 1. The first-order chi connectivity index (χ1) is 8.28. The molecule has 0 spiro atoms. The first-order valence-electron chi connectivity index (χ1n) is 6.33. The van der Waals surface area contributed by atoms with E-state index in [4.69, 9.17) is 10.5 Å². The van der Waals surface area contributed by atoms with Gasteiger partial charge in [-0.2, -0.15) is 0 Å². The summed E-state index contributed by atoms with van der Waals surface area (Å²) in [5.41, 5.74) is 7.19. The lowest BCUT2D eigenvalue weighted by Gasteiger charge is -2.30. The average molecular weight is 308 g/mol. The summed E-state index contributed by atoms with van der Waals surface area (Å²) >= 11 is 0. The fourth-order valence-electron chi connectivity index (χ4n) is 2.23. The molecule has 19 heavy (non-hydrogen) atoms. The molecule has 1 saturated heterocycles. The van der Waals surface area contributed by atoms with Crippen molar-refractivity contribution in [2.24, 2.45) is 5.73 Å². The van der Waals surface area contributed by atoms with E-state index in [1.165, 1.54) is 12.0 Å². The number of halogens is 2. The normalized spacial score (nSPS) is 19.2. The lowest BCUT2D eigenvalue weighted by molar-refractivity contribution is 0.201. The van der Waals surface area contributed by atoms with Gasteiger partial charge in [0.25, 0.3) is 0 Å². The van der Waals surface area contributed by atoms with Crippen LogP contribution < -0.4 is 10.5 Å². The van der Waals surface area contributed by atoms with Crippen LogP contribution in [0.5, 0.6) is 5.88 Å². The van der Waals surface area contributed by atoms with Gasteiger partial charge in [0.1, 0.15) is 0 Å².